The summed E-state index contributed by atoms with van der Waals surface area (Å²) in [4.78, 5) is 17.2. The highest BCUT2D eigenvalue weighted by molar-refractivity contribution is 6.32. The summed E-state index contributed by atoms with van der Waals surface area (Å²) >= 11 is 6.14. The van der Waals surface area contributed by atoms with E-state index in [9.17, 15) is 4.79 Å². The number of amides is 1. The van der Waals surface area contributed by atoms with Crippen molar-refractivity contribution in [2.45, 2.75) is 38.6 Å². The Kier molecular flexibility index (Phi) is 8.06. The maximum absolute atomic E-state index is 12.6. The number of nitrogens with zero attached hydrogens (tertiary/aromatic N) is 2. The first kappa shape index (κ1) is 23.1. The van der Waals surface area contributed by atoms with E-state index in [1.54, 1.807) is 0 Å². The summed E-state index contributed by atoms with van der Waals surface area (Å²) in [6.45, 7) is 7.69. The van der Waals surface area contributed by atoms with Crippen LogP contribution in [0.25, 0.3) is 0 Å². The zero-order valence-corrected chi connectivity index (χ0v) is 19.7. The molecule has 0 bridgehead atoms. The molecule has 1 aliphatic carbocycles. The molecule has 1 unspecified atom stereocenters. The number of nitrogens with one attached hydrogen (secondary N) is 1. The molecule has 5 nitrogen and oxygen atoms in total. The van der Waals surface area contributed by atoms with Gasteiger partial charge in [-0.3, -0.25) is 14.6 Å². The number of carbonyl (C=O) groups is 1. The van der Waals surface area contributed by atoms with Gasteiger partial charge in [-0.15, -0.1) is 0 Å². The number of benzene rings is 2. The Hall–Kier alpha value is -2.08. The van der Waals surface area contributed by atoms with Gasteiger partial charge in [-0.05, 0) is 61.4 Å². The van der Waals surface area contributed by atoms with Crippen LogP contribution in [0.1, 0.15) is 42.5 Å². The van der Waals surface area contributed by atoms with E-state index in [1.165, 1.54) is 36.0 Å². The maximum atomic E-state index is 12.6. The molecule has 32 heavy (non-hydrogen) atoms. The third kappa shape index (κ3) is 6.25. The zero-order valence-electron chi connectivity index (χ0n) is 19.0. The van der Waals surface area contributed by atoms with Gasteiger partial charge in [-0.2, -0.15) is 0 Å². The predicted octanol–water partition coefficient (Wildman–Crippen LogP) is 4.09. The molecule has 4 rings (SSSR count). The molecule has 1 fully saturated rings. The number of halogens is 1. The fraction of sp³-hybridized carbons (Fsp3) is 0.500. The van der Waals surface area contributed by atoms with Crippen molar-refractivity contribution in [2.75, 3.05) is 45.9 Å². The van der Waals surface area contributed by atoms with E-state index in [0.29, 0.717) is 18.2 Å². The number of piperazine rings is 1. The van der Waals surface area contributed by atoms with Crippen molar-refractivity contribution in [1.29, 1.82) is 0 Å². The summed E-state index contributed by atoms with van der Waals surface area (Å²) in [5.74, 6) is 0.836. The molecular formula is C26H34ClN3O2. The third-order valence-electron chi connectivity index (χ3n) is 6.58. The van der Waals surface area contributed by atoms with Gasteiger partial charge in [-0.25, -0.2) is 0 Å². The summed E-state index contributed by atoms with van der Waals surface area (Å²) in [6, 6.07) is 14.3. The molecule has 0 radical (unpaired) electrons. The molecule has 1 saturated heterocycles. The molecule has 2 aromatic rings. The van der Waals surface area contributed by atoms with Crippen LogP contribution in [0.4, 0.5) is 0 Å². The summed E-state index contributed by atoms with van der Waals surface area (Å²) in [5.41, 5.74) is 4.15. The van der Waals surface area contributed by atoms with Crippen molar-refractivity contribution in [3.63, 3.8) is 0 Å². The average molecular weight is 456 g/mol. The van der Waals surface area contributed by atoms with Crippen LogP contribution in [0.5, 0.6) is 5.75 Å². The minimum absolute atomic E-state index is 0.0398. The highest BCUT2D eigenvalue weighted by atomic mass is 35.5. The normalized spacial score (nSPS) is 18.1. The Morgan fingerprint density at radius 3 is 2.53 bits per heavy atom. The van der Waals surface area contributed by atoms with Crippen LogP contribution in [0.2, 0.25) is 5.02 Å². The van der Waals surface area contributed by atoms with Gasteiger partial charge in [0.25, 0.3) is 0 Å². The number of hydrogen-bond donors (Lipinski definition) is 1. The second kappa shape index (κ2) is 11.2. The molecule has 1 amide bonds. The first-order valence-corrected chi connectivity index (χ1v) is 12.2. The maximum Gasteiger partial charge on any atom is 0.234 e. The molecule has 2 aliphatic rings. The van der Waals surface area contributed by atoms with Crippen LogP contribution in [-0.4, -0.2) is 61.6 Å². The first-order chi connectivity index (χ1) is 15.6. The summed E-state index contributed by atoms with van der Waals surface area (Å²) in [5, 5.41) is 3.84. The van der Waals surface area contributed by atoms with Crippen molar-refractivity contribution in [3.05, 3.63) is 64.2 Å². The Morgan fingerprint density at radius 1 is 1.03 bits per heavy atom. The number of aryl methyl sites for hydroxylation is 2. The van der Waals surface area contributed by atoms with Gasteiger partial charge in [0.05, 0.1) is 17.6 Å². The molecule has 0 saturated carbocycles. The molecule has 0 aromatic heterocycles. The highest BCUT2D eigenvalue weighted by Gasteiger charge is 2.20. The smallest absolute Gasteiger partial charge is 0.234 e. The SMILES string of the molecule is CC(NC(=O)CN1CCN(CCOc2ccccc2Cl)CC1)c1ccc2c(c1)CCCC2. The van der Waals surface area contributed by atoms with Gasteiger partial charge in [0.1, 0.15) is 12.4 Å². The lowest BCUT2D eigenvalue weighted by Crippen LogP contribution is -2.50. The van der Waals surface area contributed by atoms with Crippen molar-refractivity contribution < 1.29 is 9.53 Å². The van der Waals surface area contributed by atoms with E-state index in [0.717, 1.165) is 44.9 Å². The zero-order chi connectivity index (χ0) is 22.3. The van der Waals surface area contributed by atoms with Gasteiger partial charge in [0.2, 0.25) is 5.91 Å². The second-order valence-electron chi connectivity index (χ2n) is 8.92. The molecule has 1 heterocycles. The summed E-state index contributed by atoms with van der Waals surface area (Å²) < 4.78 is 5.80. The number of para-hydroxylation sites is 1. The first-order valence-electron chi connectivity index (χ1n) is 11.8. The minimum Gasteiger partial charge on any atom is -0.491 e. The van der Waals surface area contributed by atoms with Crippen LogP contribution in [0, 0.1) is 0 Å². The molecule has 1 atom stereocenters. The monoisotopic (exact) mass is 455 g/mol. The number of carbonyl (C=O) groups excluding carboxylic acids is 1. The van der Waals surface area contributed by atoms with Crippen LogP contribution in [-0.2, 0) is 17.6 Å². The second-order valence-corrected chi connectivity index (χ2v) is 9.33. The summed E-state index contributed by atoms with van der Waals surface area (Å²) in [7, 11) is 0. The fourth-order valence-corrected chi connectivity index (χ4v) is 4.80. The van der Waals surface area contributed by atoms with Gasteiger partial charge in [-0.1, -0.05) is 41.9 Å². The number of hydrogen-bond acceptors (Lipinski definition) is 4. The molecule has 1 aliphatic heterocycles. The predicted molar refractivity (Wildman–Crippen MR) is 129 cm³/mol. The Bertz CT molecular complexity index is 912. The quantitative estimate of drug-likeness (QED) is 0.651. The van der Waals surface area contributed by atoms with E-state index in [4.69, 9.17) is 16.3 Å². The van der Waals surface area contributed by atoms with Crippen molar-refractivity contribution >= 4 is 17.5 Å². The van der Waals surface area contributed by atoms with Gasteiger partial charge >= 0.3 is 0 Å². The highest BCUT2D eigenvalue weighted by Crippen LogP contribution is 2.25. The molecular weight excluding hydrogens is 422 g/mol. The number of fused-ring (bicyclic) bond motifs is 1. The van der Waals surface area contributed by atoms with Crippen LogP contribution in [0.15, 0.2) is 42.5 Å². The van der Waals surface area contributed by atoms with Crippen molar-refractivity contribution in [1.82, 2.24) is 15.1 Å². The molecule has 1 N–H and O–H groups in total. The van der Waals surface area contributed by atoms with E-state index >= 15 is 0 Å². The topological polar surface area (TPSA) is 44.8 Å². The Balaban J connectivity index is 1.16. The number of ether oxygens (including phenoxy) is 1. The Labute approximate surface area is 196 Å². The lowest BCUT2D eigenvalue weighted by Gasteiger charge is -2.34. The fourth-order valence-electron chi connectivity index (χ4n) is 4.61. The van der Waals surface area contributed by atoms with Crippen LogP contribution < -0.4 is 10.1 Å². The van der Waals surface area contributed by atoms with E-state index in [1.807, 2.05) is 24.3 Å². The molecule has 2 aromatic carbocycles. The van der Waals surface area contributed by atoms with E-state index < -0.39 is 0 Å². The molecule has 172 valence electrons. The number of rotatable bonds is 8. The minimum atomic E-state index is 0.0398. The average Bonchev–Trinajstić information content (AvgIpc) is 2.81. The molecule has 0 spiro atoms. The van der Waals surface area contributed by atoms with Gasteiger partial charge in [0.15, 0.2) is 0 Å². The largest absolute Gasteiger partial charge is 0.491 e. The third-order valence-corrected chi connectivity index (χ3v) is 6.90. The lowest BCUT2D eigenvalue weighted by atomic mass is 9.89. The van der Waals surface area contributed by atoms with E-state index in [-0.39, 0.29) is 11.9 Å². The van der Waals surface area contributed by atoms with Gasteiger partial charge < -0.3 is 10.1 Å². The summed E-state index contributed by atoms with van der Waals surface area (Å²) in [6.07, 6.45) is 4.92. The standard InChI is InChI=1S/C26H34ClN3O2/c1-20(22-11-10-21-6-2-3-7-23(21)18-22)28-26(31)19-30-14-12-29(13-15-30)16-17-32-25-9-5-4-8-24(25)27/h4-5,8-11,18,20H,2-3,6-7,12-17,19H2,1H3,(H,28,31). The lowest BCUT2D eigenvalue weighted by molar-refractivity contribution is -0.123. The van der Waals surface area contributed by atoms with Crippen molar-refractivity contribution in [2.24, 2.45) is 0 Å². The van der Waals surface area contributed by atoms with Crippen LogP contribution in [0.3, 0.4) is 0 Å². The van der Waals surface area contributed by atoms with E-state index in [2.05, 4.69) is 40.2 Å². The van der Waals surface area contributed by atoms with Crippen molar-refractivity contribution in [3.8, 4) is 5.75 Å². The van der Waals surface area contributed by atoms with Crippen LogP contribution >= 0.6 is 11.6 Å². The molecule has 6 heteroatoms. The van der Waals surface area contributed by atoms with Gasteiger partial charge in [0, 0.05) is 32.7 Å². The Morgan fingerprint density at radius 2 is 1.75 bits per heavy atom.